The molecule has 1 fully saturated rings. The first-order valence-electron chi connectivity index (χ1n) is 6.63. The van der Waals surface area contributed by atoms with Gasteiger partial charge in [0, 0.05) is 37.2 Å². The van der Waals surface area contributed by atoms with Crippen LogP contribution in [-0.2, 0) is 0 Å². The van der Waals surface area contributed by atoms with Gasteiger partial charge in [-0.25, -0.2) is 4.79 Å². The van der Waals surface area contributed by atoms with Crippen LogP contribution in [0.2, 0.25) is 0 Å². The molecule has 1 saturated heterocycles. The molecule has 20 heavy (non-hydrogen) atoms. The Kier molecular flexibility index (Phi) is 5.39. The van der Waals surface area contributed by atoms with Gasteiger partial charge in [0.15, 0.2) is 0 Å². The average molecular weight is 343 g/mol. The van der Waals surface area contributed by atoms with Crippen LogP contribution in [0.3, 0.4) is 0 Å². The van der Waals surface area contributed by atoms with Crippen LogP contribution in [0, 0.1) is 0 Å². The number of likely N-dealkylation sites (N-methyl/N-ethyl adjacent to an activating group) is 1. The van der Waals surface area contributed by atoms with Crippen LogP contribution in [0.15, 0.2) is 22.7 Å². The molecule has 0 saturated carbocycles. The summed E-state index contributed by atoms with van der Waals surface area (Å²) in [7, 11) is 2.12. The molecule has 5 nitrogen and oxygen atoms in total. The number of ether oxygens (including phenoxy) is 1. The summed E-state index contributed by atoms with van der Waals surface area (Å²) in [6, 6.07) is 4.96. The topological polar surface area (TPSA) is 53.0 Å². The summed E-state index contributed by atoms with van der Waals surface area (Å²) < 4.78 is 6.46. The van der Waals surface area contributed by atoms with Crippen molar-refractivity contribution in [2.45, 2.75) is 0 Å². The molecule has 0 atom stereocenters. The van der Waals surface area contributed by atoms with Gasteiger partial charge in [-0.2, -0.15) is 0 Å². The largest absolute Gasteiger partial charge is 0.491 e. The predicted molar refractivity (Wildman–Crippen MR) is 80.5 cm³/mol. The molecule has 2 rings (SSSR count). The number of nitrogens with zero attached hydrogens (tertiary/aromatic N) is 2. The van der Waals surface area contributed by atoms with Gasteiger partial charge in [0.2, 0.25) is 0 Å². The molecule has 0 radical (unpaired) electrons. The Labute approximate surface area is 127 Å². The second-order valence-electron chi connectivity index (χ2n) is 4.94. The number of carboxylic acids is 1. The Bertz CT molecular complexity index is 473. The highest BCUT2D eigenvalue weighted by molar-refractivity contribution is 9.10. The Hall–Kier alpha value is -1.11. The third-order valence-electron chi connectivity index (χ3n) is 3.44. The maximum Gasteiger partial charge on any atom is 0.339 e. The SMILES string of the molecule is CN1CCN(CCOc2cc(Br)ccc2C(=O)O)CC1. The van der Waals surface area contributed by atoms with E-state index < -0.39 is 5.97 Å². The number of carbonyl (C=O) groups is 1. The molecule has 1 aliphatic heterocycles. The molecule has 110 valence electrons. The van der Waals surface area contributed by atoms with Crippen molar-refractivity contribution in [3.63, 3.8) is 0 Å². The first-order chi connectivity index (χ1) is 9.56. The van der Waals surface area contributed by atoms with Gasteiger partial charge >= 0.3 is 5.97 Å². The van der Waals surface area contributed by atoms with Gasteiger partial charge in [0.05, 0.1) is 0 Å². The lowest BCUT2D eigenvalue weighted by Crippen LogP contribution is -2.45. The third kappa shape index (κ3) is 4.19. The minimum absolute atomic E-state index is 0.201. The number of piperazine rings is 1. The van der Waals surface area contributed by atoms with E-state index in [1.807, 2.05) is 0 Å². The quantitative estimate of drug-likeness (QED) is 0.883. The normalized spacial score (nSPS) is 17.1. The van der Waals surface area contributed by atoms with Gasteiger partial charge in [-0.15, -0.1) is 0 Å². The van der Waals surface area contributed by atoms with Crippen LogP contribution in [0.1, 0.15) is 10.4 Å². The second kappa shape index (κ2) is 7.06. The van der Waals surface area contributed by atoms with E-state index in [0.717, 1.165) is 37.2 Å². The number of halogens is 1. The van der Waals surface area contributed by atoms with Crippen molar-refractivity contribution in [1.29, 1.82) is 0 Å². The number of rotatable bonds is 5. The molecule has 0 aromatic heterocycles. The highest BCUT2D eigenvalue weighted by Gasteiger charge is 2.15. The highest BCUT2D eigenvalue weighted by Crippen LogP contribution is 2.23. The van der Waals surface area contributed by atoms with Crippen molar-refractivity contribution < 1.29 is 14.6 Å². The molecule has 0 spiro atoms. The molecule has 1 aliphatic rings. The monoisotopic (exact) mass is 342 g/mol. The molecular weight excluding hydrogens is 324 g/mol. The zero-order chi connectivity index (χ0) is 14.5. The predicted octanol–water partition coefficient (Wildman–Crippen LogP) is 1.77. The molecule has 6 heteroatoms. The maximum atomic E-state index is 11.1. The zero-order valence-electron chi connectivity index (χ0n) is 11.5. The Morgan fingerprint density at radius 1 is 1.35 bits per heavy atom. The number of hydrogen-bond acceptors (Lipinski definition) is 4. The summed E-state index contributed by atoms with van der Waals surface area (Å²) in [5.41, 5.74) is 0.201. The Morgan fingerprint density at radius 2 is 2.05 bits per heavy atom. The summed E-state index contributed by atoms with van der Waals surface area (Å²) >= 11 is 3.33. The first kappa shape index (κ1) is 15.3. The van der Waals surface area contributed by atoms with Crippen LogP contribution >= 0.6 is 15.9 Å². The molecular formula is C14H19BrN2O3. The Balaban J connectivity index is 1.87. The maximum absolute atomic E-state index is 11.1. The summed E-state index contributed by atoms with van der Waals surface area (Å²) in [6.07, 6.45) is 0. The smallest absolute Gasteiger partial charge is 0.339 e. The van der Waals surface area contributed by atoms with Crippen molar-refractivity contribution in [3.05, 3.63) is 28.2 Å². The fourth-order valence-electron chi connectivity index (χ4n) is 2.15. The fraction of sp³-hybridized carbons (Fsp3) is 0.500. The van der Waals surface area contributed by atoms with Crippen LogP contribution < -0.4 is 4.74 Å². The molecule has 1 heterocycles. The van der Waals surface area contributed by atoms with Gasteiger partial charge < -0.3 is 14.7 Å². The molecule has 1 N–H and O–H groups in total. The van der Waals surface area contributed by atoms with Crippen molar-refractivity contribution in [1.82, 2.24) is 9.80 Å². The fourth-order valence-corrected chi connectivity index (χ4v) is 2.49. The van der Waals surface area contributed by atoms with E-state index in [1.165, 1.54) is 0 Å². The van der Waals surface area contributed by atoms with Crippen LogP contribution in [-0.4, -0.2) is 67.3 Å². The third-order valence-corrected chi connectivity index (χ3v) is 3.93. The molecule has 0 bridgehead atoms. The Morgan fingerprint density at radius 3 is 2.70 bits per heavy atom. The number of benzene rings is 1. The van der Waals surface area contributed by atoms with Crippen molar-refractivity contribution in [2.24, 2.45) is 0 Å². The minimum Gasteiger partial charge on any atom is -0.491 e. The van der Waals surface area contributed by atoms with E-state index in [4.69, 9.17) is 9.84 Å². The van der Waals surface area contributed by atoms with E-state index in [9.17, 15) is 4.79 Å². The van der Waals surface area contributed by atoms with Crippen LogP contribution in [0.5, 0.6) is 5.75 Å². The lowest BCUT2D eigenvalue weighted by Gasteiger charge is -2.32. The van der Waals surface area contributed by atoms with Crippen molar-refractivity contribution >= 4 is 21.9 Å². The van der Waals surface area contributed by atoms with Gasteiger partial charge in [-0.05, 0) is 25.2 Å². The van der Waals surface area contributed by atoms with Gasteiger partial charge in [0.1, 0.15) is 17.9 Å². The number of carboxylic acid groups (broad SMARTS) is 1. The number of aromatic carboxylic acids is 1. The molecule has 0 aliphatic carbocycles. The van der Waals surface area contributed by atoms with Crippen molar-refractivity contribution in [2.75, 3.05) is 46.4 Å². The molecule has 0 amide bonds. The highest BCUT2D eigenvalue weighted by atomic mass is 79.9. The van der Waals surface area contributed by atoms with Gasteiger partial charge in [-0.1, -0.05) is 15.9 Å². The number of hydrogen-bond donors (Lipinski definition) is 1. The average Bonchev–Trinajstić information content (AvgIpc) is 2.41. The van der Waals surface area contributed by atoms with E-state index in [2.05, 4.69) is 32.8 Å². The summed E-state index contributed by atoms with van der Waals surface area (Å²) in [4.78, 5) is 15.8. The van der Waals surface area contributed by atoms with Crippen LogP contribution in [0.4, 0.5) is 0 Å². The molecule has 0 unspecified atom stereocenters. The summed E-state index contributed by atoms with van der Waals surface area (Å²) in [5, 5.41) is 9.12. The minimum atomic E-state index is -0.966. The lowest BCUT2D eigenvalue weighted by molar-refractivity contribution is 0.0690. The first-order valence-corrected chi connectivity index (χ1v) is 7.42. The lowest BCUT2D eigenvalue weighted by atomic mass is 10.2. The van der Waals surface area contributed by atoms with Crippen LogP contribution in [0.25, 0.3) is 0 Å². The standard InChI is InChI=1S/C14H19BrN2O3/c1-16-4-6-17(7-5-16)8-9-20-13-10-11(15)2-3-12(13)14(18)19/h2-3,10H,4-9H2,1H3,(H,18,19). The zero-order valence-corrected chi connectivity index (χ0v) is 13.1. The molecule has 1 aromatic rings. The van der Waals surface area contributed by atoms with Crippen molar-refractivity contribution in [3.8, 4) is 5.75 Å². The van der Waals surface area contributed by atoms with E-state index in [-0.39, 0.29) is 5.56 Å². The van der Waals surface area contributed by atoms with E-state index >= 15 is 0 Å². The second-order valence-corrected chi connectivity index (χ2v) is 5.85. The van der Waals surface area contributed by atoms with E-state index in [0.29, 0.717) is 12.4 Å². The summed E-state index contributed by atoms with van der Waals surface area (Å²) in [6.45, 7) is 5.52. The van der Waals surface area contributed by atoms with E-state index in [1.54, 1.807) is 18.2 Å². The van der Waals surface area contributed by atoms with Gasteiger partial charge in [-0.3, -0.25) is 4.90 Å². The summed E-state index contributed by atoms with van der Waals surface area (Å²) in [5.74, 6) is -0.548. The van der Waals surface area contributed by atoms with Gasteiger partial charge in [0.25, 0.3) is 0 Å². The molecule has 1 aromatic carbocycles.